The molecule has 2 heterocycles. The minimum atomic E-state index is 0. The average molecular weight is 363 g/mol. The lowest BCUT2D eigenvalue weighted by Crippen LogP contribution is -2.36. The molecule has 0 atom stereocenters. The summed E-state index contributed by atoms with van der Waals surface area (Å²) in [5.41, 5.74) is 7.19. The first kappa shape index (κ1) is 18.1. The van der Waals surface area contributed by atoms with E-state index in [4.69, 9.17) is 15.7 Å². The zero-order valence-electron chi connectivity index (χ0n) is 12.6. The van der Waals surface area contributed by atoms with Crippen molar-refractivity contribution in [2.24, 2.45) is 5.73 Å². The number of halogens is 2. The molecule has 2 aliphatic carbocycles. The van der Waals surface area contributed by atoms with Gasteiger partial charge in [-0.15, -0.1) is 24.8 Å². The highest BCUT2D eigenvalue weighted by Crippen LogP contribution is 2.41. The van der Waals surface area contributed by atoms with Crippen molar-refractivity contribution >= 4 is 42.4 Å². The van der Waals surface area contributed by atoms with E-state index in [1.54, 1.807) is 0 Å². The summed E-state index contributed by atoms with van der Waals surface area (Å²) in [5, 5.41) is 0. The molecule has 124 valence electrons. The average Bonchev–Trinajstić information content (AvgIpc) is 3.29. The first-order chi connectivity index (χ1) is 9.79. The van der Waals surface area contributed by atoms with Gasteiger partial charge in [-0.1, -0.05) is 0 Å². The predicted molar refractivity (Wildman–Crippen MR) is 98.0 cm³/mol. The third kappa shape index (κ3) is 3.81. The van der Waals surface area contributed by atoms with Crippen LogP contribution < -0.4 is 10.6 Å². The fraction of sp³-hybridized carbons (Fsp3) is 0.733. The predicted octanol–water partition coefficient (Wildman–Crippen LogP) is 2.96. The van der Waals surface area contributed by atoms with Crippen LogP contribution in [0.3, 0.4) is 0 Å². The van der Waals surface area contributed by atoms with Crippen LogP contribution in [0.4, 0.5) is 5.82 Å². The molecule has 4 rings (SSSR count). The van der Waals surface area contributed by atoms with E-state index in [9.17, 15) is 0 Å². The van der Waals surface area contributed by atoms with Crippen LogP contribution in [-0.4, -0.2) is 40.6 Å². The number of rotatable bonds is 3. The number of hydrogen-bond donors (Lipinski definition) is 1. The van der Waals surface area contributed by atoms with Crippen LogP contribution >= 0.6 is 36.6 Å². The van der Waals surface area contributed by atoms with Crippen molar-refractivity contribution in [2.75, 3.05) is 29.5 Å². The molecular weight excluding hydrogens is 339 g/mol. The lowest BCUT2D eigenvalue weighted by atomic mass is 9.78. The minimum absolute atomic E-state index is 0. The molecule has 22 heavy (non-hydrogen) atoms. The zero-order chi connectivity index (χ0) is 13.5. The normalized spacial score (nSPS) is 27.4. The Morgan fingerprint density at radius 2 is 1.73 bits per heavy atom. The summed E-state index contributed by atoms with van der Waals surface area (Å²) in [4.78, 5) is 12.1. The zero-order valence-corrected chi connectivity index (χ0v) is 15.1. The summed E-state index contributed by atoms with van der Waals surface area (Å²) in [5.74, 6) is 5.89. The maximum absolute atomic E-state index is 5.94. The fourth-order valence-corrected chi connectivity index (χ4v) is 3.97. The fourth-order valence-electron chi connectivity index (χ4n) is 3.06. The number of nitrogens with two attached hydrogens (primary N) is 1. The summed E-state index contributed by atoms with van der Waals surface area (Å²) in [6.45, 7) is 2.24. The van der Waals surface area contributed by atoms with Crippen molar-refractivity contribution < 1.29 is 0 Å². The summed E-state index contributed by atoms with van der Waals surface area (Å²) >= 11 is 2.04. The number of anilines is 1. The third-order valence-corrected chi connectivity index (χ3v) is 5.56. The van der Waals surface area contributed by atoms with Crippen molar-refractivity contribution in [3.63, 3.8) is 0 Å². The Bertz CT molecular complexity index is 500. The molecule has 1 aromatic heterocycles. The lowest BCUT2D eigenvalue weighted by molar-refractivity contribution is 0.344. The Hall–Kier alpha value is -0.230. The van der Waals surface area contributed by atoms with Gasteiger partial charge in [-0.3, -0.25) is 0 Å². The summed E-state index contributed by atoms with van der Waals surface area (Å²) in [6, 6.07) is 2.62. The Morgan fingerprint density at radius 1 is 1.05 bits per heavy atom. The summed E-state index contributed by atoms with van der Waals surface area (Å²) < 4.78 is 0. The molecule has 4 nitrogen and oxygen atoms in total. The van der Waals surface area contributed by atoms with Gasteiger partial charge in [0.25, 0.3) is 0 Å². The molecule has 0 unspecified atom stereocenters. The number of nitrogens with zero attached hydrogens (tertiary/aromatic N) is 3. The molecular formula is C15H24Cl2N4S. The third-order valence-electron chi connectivity index (χ3n) is 4.62. The standard InChI is InChI=1S/C15H22N4S.2ClH/c16-12-7-11(8-12)13-9-14(19-3-5-20-6-4-19)18-15(17-13)10-1-2-10;;/h9-12H,1-8,16H2;2*1H. The molecule has 7 heteroatoms. The van der Waals surface area contributed by atoms with Crippen LogP contribution in [0, 0.1) is 0 Å². The molecule has 1 aliphatic heterocycles. The van der Waals surface area contributed by atoms with Crippen LogP contribution in [0.25, 0.3) is 0 Å². The van der Waals surface area contributed by atoms with Crippen molar-refractivity contribution in [2.45, 2.75) is 43.6 Å². The Morgan fingerprint density at radius 3 is 2.32 bits per heavy atom. The number of aromatic nitrogens is 2. The SMILES string of the molecule is Cl.Cl.NC1CC(c2cc(N3CCSCC3)nc(C3CC3)n2)C1. The Balaban J connectivity index is 0.000000882. The van der Waals surface area contributed by atoms with Gasteiger partial charge in [-0.2, -0.15) is 11.8 Å². The van der Waals surface area contributed by atoms with Crippen molar-refractivity contribution in [1.29, 1.82) is 0 Å². The van der Waals surface area contributed by atoms with Crippen LogP contribution in [0.2, 0.25) is 0 Å². The number of thioether (sulfide) groups is 1. The second-order valence-electron chi connectivity index (χ2n) is 6.31. The van der Waals surface area contributed by atoms with E-state index in [-0.39, 0.29) is 24.8 Å². The van der Waals surface area contributed by atoms with Crippen LogP contribution in [0.5, 0.6) is 0 Å². The van der Waals surface area contributed by atoms with E-state index in [1.165, 1.54) is 30.0 Å². The molecule has 1 saturated heterocycles. The highest BCUT2D eigenvalue weighted by Gasteiger charge is 2.32. The second kappa shape index (κ2) is 7.56. The molecule has 3 aliphatic rings. The second-order valence-corrected chi connectivity index (χ2v) is 7.54. The molecule has 0 amide bonds. The summed E-state index contributed by atoms with van der Waals surface area (Å²) in [7, 11) is 0. The smallest absolute Gasteiger partial charge is 0.134 e. The minimum Gasteiger partial charge on any atom is -0.355 e. The Kier molecular flexibility index (Phi) is 6.22. The van der Waals surface area contributed by atoms with E-state index < -0.39 is 0 Å². The van der Waals surface area contributed by atoms with E-state index in [0.717, 1.165) is 37.6 Å². The van der Waals surface area contributed by atoms with E-state index in [1.807, 2.05) is 11.8 Å². The van der Waals surface area contributed by atoms with Crippen molar-refractivity contribution in [3.8, 4) is 0 Å². The maximum atomic E-state index is 5.94. The van der Waals surface area contributed by atoms with Crippen LogP contribution in [0.15, 0.2) is 6.07 Å². The maximum Gasteiger partial charge on any atom is 0.134 e. The van der Waals surface area contributed by atoms with Gasteiger partial charge in [0.2, 0.25) is 0 Å². The van der Waals surface area contributed by atoms with Crippen molar-refractivity contribution in [1.82, 2.24) is 9.97 Å². The first-order valence-corrected chi connectivity index (χ1v) is 8.92. The molecule has 0 bridgehead atoms. The van der Waals surface area contributed by atoms with Gasteiger partial charge >= 0.3 is 0 Å². The van der Waals surface area contributed by atoms with Gasteiger partial charge in [0, 0.05) is 54.2 Å². The molecule has 0 spiro atoms. The molecule has 0 aromatic carbocycles. The molecule has 2 saturated carbocycles. The van der Waals surface area contributed by atoms with Crippen LogP contribution in [0.1, 0.15) is 49.0 Å². The van der Waals surface area contributed by atoms with Gasteiger partial charge in [0.15, 0.2) is 0 Å². The largest absolute Gasteiger partial charge is 0.355 e. The molecule has 2 N–H and O–H groups in total. The van der Waals surface area contributed by atoms with E-state index in [0.29, 0.717) is 17.9 Å². The molecule has 1 aromatic rings. The van der Waals surface area contributed by atoms with Crippen molar-refractivity contribution in [3.05, 3.63) is 17.6 Å². The topological polar surface area (TPSA) is 55.0 Å². The van der Waals surface area contributed by atoms with Gasteiger partial charge in [-0.25, -0.2) is 9.97 Å². The monoisotopic (exact) mass is 362 g/mol. The highest BCUT2D eigenvalue weighted by atomic mass is 35.5. The molecule has 3 fully saturated rings. The van der Waals surface area contributed by atoms with Gasteiger partial charge in [0.1, 0.15) is 11.6 Å². The highest BCUT2D eigenvalue weighted by molar-refractivity contribution is 7.99. The first-order valence-electron chi connectivity index (χ1n) is 7.77. The van der Waals surface area contributed by atoms with Gasteiger partial charge < -0.3 is 10.6 Å². The number of hydrogen-bond acceptors (Lipinski definition) is 5. The van der Waals surface area contributed by atoms with E-state index >= 15 is 0 Å². The Labute approximate surface area is 148 Å². The van der Waals surface area contributed by atoms with E-state index in [2.05, 4.69) is 11.0 Å². The lowest BCUT2D eigenvalue weighted by Gasteiger charge is -2.33. The van der Waals surface area contributed by atoms with Gasteiger partial charge in [-0.05, 0) is 25.7 Å². The quantitative estimate of drug-likeness (QED) is 0.895. The summed E-state index contributed by atoms with van der Waals surface area (Å²) in [6.07, 6.45) is 4.72. The van der Waals surface area contributed by atoms with Crippen LogP contribution in [-0.2, 0) is 0 Å². The molecule has 0 radical (unpaired) electrons. The van der Waals surface area contributed by atoms with Gasteiger partial charge in [0.05, 0.1) is 0 Å².